The highest BCUT2D eigenvalue weighted by atomic mass is 19.1. The molecule has 0 radical (unpaired) electrons. The van der Waals surface area contributed by atoms with Gasteiger partial charge in [0.15, 0.2) is 17.6 Å². The van der Waals surface area contributed by atoms with Crippen LogP contribution < -0.4 is 14.8 Å². The number of amides is 1. The molecule has 0 bridgehead atoms. The molecular weight excluding hydrogens is 317 g/mol. The van der Waals surface area contributed by atoms with Crippen LogP contribution >= 0.6 is 0 Å². The van der Waals surface area contributed by atoms with Gasteiger partial charge in [-0.1, -0.05) is 12.1 Å². The van der Waals surface area contributed by atoms with Crippen LogP contribution in [-0.4, -0.2) is 24.8 Å². The fourth-order valence-electron chi connectivity index (χ4n) is 2.12. The van der Waals surface area contributed by atoms with E-state index in [0.717, 1.165) is 6.07 Å². The lowest BCUT2D eigenvalue weighted by atomic mass is 10.2. The molecule has 2 aromatic carbocycles. The fourth-order valence-corrected chi connectivity index (χ4v) is 2.12. The summed E-state index contributed by atoms with van der Waals surface area (Å²) < 4.78 is 28.9. The molecule has 0 unspecified atom stereocenters. The van der Waals surface area contributed by atoms with E-state index in [9.17, 15) is 14.0 Å². The summed E-state index contributed by atoms with van der Waals surface area (Å²) in [7, 11) is 0. The van der Waals surface area contributed by atoms with Gasteiger partial charge < -0.3 is 19.5 Å². The highest BCUT2D eigenvalue weighted by Gasteiger charge is 2.22. The Kier molecular flexibility index (Phi) is 4.33. The number of anilines is 1. The van der Waals surface area contributed by atoms with Gasteiger partial charge in [0, 0.05) is 11.8 Å². The van der Waals surface area contributed by atoms with Gasteiger partial charge in [0.1, 0.15) is 5.82 Å². The third-order valence-electron chi connectivity index (χ3n) is 3.39. The predicted octanol–water partition coefficient (Wildman–Crippen LogP) is 2.74. The Balaban J connectivity index is 1.63. The average Bonchev–Trinajstić information content (AvgIpc) is 3.02. The number of hydrogen-bond acceptors (Lipinski definition) is 5. The van der Waals surface area contributed by atoms with Gasteiger partial charge in [0.05, 0.1) is 5.56 Å². The summed E-state index contributed by atoms with van der Waals surface area (Å²) in [5.74, 6) is -1.04. The molecule has 0 aromatic heterocycles. The quantitative estimate of drug-likeness (QED) is 0.872. The van der Waals surface area contributed by atoms with Crippen molar-refractivity contribution in [3.8, 4) is 11.5 Å². The standard InChI is InChI=1S/C17H14FNO5/c1-10(24-17(21)12-4-2-3-5-13(12)18)16(20)19-11-6-7-14-15(8-11)23-9-22-14/h2-8,10H,9H2,1H3,(H,19,20)/t10-/m1/s1. The van der Waals surface area contributed by atoms with E-state index in [1.54, 1.807) is 18.2 Å². The fraction of sp³-hybridized carbons (Fsp3) is 0.176. The molecule has 1 aliphatic rings. The molecule has 1 aliphatic heterocycles. The lowest BCUT2D eigenvalue weighted by Crippen LogP contribution is -2.30. The first-order valence-electron chi connectivity index (χ1n) is 7.20. The van der Waals surface area contributed by atoms with Gasteiger partial charge in [-0.15, -0.1) is 0 Å². The third kappa shape index (κ3) is 3.29. The van der Waals surface area contributed by atoms with E-state index in [1.165, 1.54) is 25.1 Å². The molecule has 2 aromatic rings. The number of ether oxygens (including phenoxy) is 3. The second kappa shape index (κ2) is 6.57. The maximum atomic E-state index is 13.5. The first kappa shape index (κ1) is 15.8. The minimum atomic E-state index is -1.09. The smallest absolute Gasteiger partial charge is 0.341 e. The monoisotopic (exact) mass is 331 g/mol. The maximum Gasteiger partial charge on any atom is 0.341 e. The Hall–Kier alpha value is -3.09. The number of benzene rings is 2. The van der Waals surface area contributed by atoms with Gasteiger partial charge in [-0.2, -0.15) is 0 Å². The number of halogens is 1. The summed E-state index contributed by atoms with van der Waals surface area (Å²) in [4.78, 5) is 24.0. The zero-order valence-corrected chi connectivity index (χ0v) is 12.7. The molecule has 24 heavy (non-hydrogen) atoms. The average molecular weight is 331 g/mol. The van der Waals surface area contributed by atoms with Crippen LogP contribution in [0.2, 0.25) is 0 Å². The Morgan fingerprint density at radius 1 is 1.17 bits per heavy atom. The van der Waals surface area contributed by atoms with E-state index in [-0.39, 0.29) is 12.4 Å². The zero-order valence-electron chi connectivity index (χ0n) is 12.7. The molecule has 0 aliphatic carbocycles. The normalized spacial score (nSPS) is 13.2. The Bertz CT molecular complexity index is 792. The van der Waals surface area contributed by atoms with Crippen LogP contribution in [0.1, 0.15) is 17.3 Å². The number of esters is 1. The maximum absolute atomic E-state index is 13.5. The van der Waals surface area contributed by atoms with Crippen LogP contribution in [0, 0.1) is 5.82 Å². The largest absolute Gasteiger partial charge is 0.454 e. The van der Waals surface area contributed by atoms with E-state index in [0.29, 0.717) is 17.2 Å². The predicted molar refractivity (Wildman–Crippen MR) is 82.5 cm³/mol. The molecule has 6 nitrogen and oxygen atoms in total. The van der Waals surface area contributed by atoms with Crippen molar-refractivity contribution in [3.63, 3.8) is 0 Å². The van der Waals surface area contributed by atoms with Crippen molar-refractivity contribution < 1.29 is 28.2 Å². The summed E-state index contributed by atoms with van der Waals surface area (Å²) >= 11 is 0. The molecular formula is C17H14FNO5. The van der Waals surface area contributed by atoms with Crippen LogP contribution in [-0.2, 0) is 9.53 Å². The number of rotatable bonds is 4. The molecule has 1 amide bonds. The number of fused-ring (bicyclic) bond motifs is 1. The van der Waals surface area contributed by atoms with Gasteiger partial charge in [0.25, 0.3) is 5.91 Å². The topological polar surface area (TPSA) is 73.9 Å². The SMILES string of the molecule is C[C@@H](OC(=O)c1ccccc1F)C(=O)Nc1ccc2c(c1)OCO2. The molecule has 1 N–H and O–H groups in total. The van der Waals surface area contributed by atoms with Gasteiger partial charge in [-0.25, -0.2) is 9.18 Å². The van der Waals surface area contributed by atoms with Crippen molar-refractivity contribution in [2.75, 3.05) is 12.1 Å². The van der Waals surface area contributed by atoms with Crippen LogP contribution in [0.4, 0.5) is 10.1 Å². The van der Waals surface area contributed by atoms with Crippen molar-refractivity contribution in [1.29, 1.82) is 0 Å². The van der Waals surface area contributed by atoms with Gasteiger partial charge in [-0.05, 0) is 31.2 Å². The Morgan fingerprint density at radius 3 is 2.71 bits per heavy atom. The first-order chi connectivity index (χ1) is 11.5. The van der Waals surface area contributed by atoms with Crippen molar-refractivity contribution >= 4 is 17.6 Å². The molecule has 1 atom stereocenters. The second-order valence-corrected chi connectivity index (χ2v) is 5.08. The highest BCUT2D eigenvalue weighted by molar-refractivity contribution is 5.97. The second-order valence-electron chi connectivity index (χ2n) is 5.08. The van der Waals surface area contributed by atoms with E-state index in [4.69, 9.17) is 14.2 Å². The van der Waals surface area contributed by atoms with Gasteiger partial charge in [-0.3, -0.25) is 4.79 Å². The van der Waals surface area contributed by atoms with Crippen LogP contribution in [0.15, 0.2) is 42.5 Å². The highest BCUT2D eigenvalue weighted by Crippen LogP contribution is 2.34. The first-order valence-corrected chi connectivity index (χ1v) is 7.20. The third-order valence-corrected chi connectivity index (χ3v) is 3.39. The van der Waals surface area contributed by atoms with Crippen molar-refractivity contribution in [2.24, 2.45) is 0 Å². The van der Waals surface area contributed by atoms with E-state index < -0.39 is 23.8 Å². The molecule has 3 rings (SSSR count). The summed E-state index contributed by atoms with van der Waals surface area (Å²) in [6.07, 6.45) is -1.09. The number of carbonyl (C=O) groups excluding carboxylic acids is 2. The van der Waals surface area contributed by atoms with E-state index in [2.05, 4.69) is 5.32 Å². The van der Waals surface area contributed by atoms with Crippen molar-refractivity contribution in [1.82, 2.24) is 0 Å². The zero-order chi connectivity index (χ0) is 17.1. The van der Waals surface area contributed by atoms with Gasteiger partial charge in [0.2, 0.25) is 6.79 Å². The Morgan fingerprint density at radius 2 is 1.92 bits per heavy atom. The summed E-state index contributed by atoms with van der Waals surface area (Å²) in [5, 5.41) is 2.60. The molecule has 124 valence electrons. The number of hydrogen-bond donors (Lipinski definition) is 1. The number of nitrogens with one attached hydrogen (secondary N) is 1. The summed E-state index contributed by atoms with van der Waals surface area (Å²) in [5.41, 5.74) is 0.248. The minimum absolute atomic E-state index is 0.128. The van der Waals surface area contributed by atoms with Crippen molar-refractivity contribution in [3.05, 3.63) is 53.8 Å². The Labute approximate surface area is 137 Å². The molecule has 7 heteroatoms. The van der Waals surface area contributed by atoms with E-state index >= 15 is 0 Å². The van der Waals surface area contributed by atoms with Crippen LogP contribution in [0.25, 0.3) is 0 Å². The van der Waals surface area contributed by atoms with E-state index in [1.807, 2.05) is 0 Å². The van der Waals surface area contributed by atoms with Gasteiger partial charge >= 0.3 is 5.97 Å². The number of carbonyl (C=O) groups is 2. The molecule has 0 saturated heterocycles. The molecule has 0 spiro atoms. The van der Waals surface area contributed by atoms with Crippen LogP contribution in [0.5, 0.6) is 11.5 Å². The van der Waals surface area contributed by atoms with Crippen molar-refractivity contribution in [2.45, 2.75) is 13.0 Å². The summed E-state index contributed by atoms with van der Waals surface area (Å²) in [6.45, 7) is 1.53. The lowest BCUT2D eigenvalue weighted by Gasteiger charge is -2.14. The van der Waals surface area contributed by atoms with Crippen LogP contribution in [0.3, 0.4) is 0 Å². The molecule has 0 fully saturated rings. The summed E-state index contributed by atoms with van der Waals surface area (Å²) in [6, 6.07) is 10.3. The molecule has 0 saturated carbocycles. The minimum Gasteiger partial charge on any atom is -0.454 e. The molecule has 1 heterocycles. The lowest BCUT2D eigenvalue weighted by molar-refractivity contribution is -0.123.